The molecule has 0 aliphatic rings. The van der Waals surface area contributed by atoms with Crippen molar-refractivity contribution in [2.24, 2.45) is 0 Å². The van der Waals surface area contributed by atoms with Crippen molar-refractivity contribution < 1.29 is 26.7 Å². The molecule has 1 aromatic heterocycles. The number of rotatable bonds is 5. The average molecular weight is 345 g/mol. The molecular formula is C15H17F2NO4S. The molecule has 0 amide bonds. The van der Waals surface area contributed by atoms with Crippen LogP contribution in [0.2, 0.25) is 0 Å². The fourth-order valence-electron chi connectivity index (χ4n) is 2.26. The van der Waals surface area contributed by atoms with E-state index in [9.17, 15) is 22.3 Å². The number of aryl methyl sites for hydroxylation is 2. The number of hydrogen-bond donors (Lipinski definition) is 2. The summed E-state index contributed by atoms with van der Waals surface area (Å²) in [5.41, 5.74) is -1.11. The number of halogens is 2. The third kappa shape index (κ3) is 3.95. The number of benzene rings is 1. The number of aliphatic hydroxyl groups is 1. The van der Waals surface area contributed by atoms with E-state index in [0.717, 1.165) is 0 Å². The maximum Gasteiger partial charge on any atom is 0.240 e. The fraction of sp³-hybridized carbons (Fsp3) is 0.333. The average Bonchev–Trinajstić information content (AvgIpc) is 2.75. The zero-order valence-corrected chi connectivity index (χ0v) is 13.7. The van der Waals surface area contributed by atoms with Gasteiger partial charge in [0.1, 0.15) is 28.8 Å². The largest absolute Gasteiger partial charge is 0.466 e. The van der Waals surface area contributed by atoms with Crippen molar-refractivity contribution in [3.05, 3.63) is 53.0 Å². The molecule has 0 saturated carbocycles. The molecule has 8 heteroatoms. The fourth-order valence-corrected chi connectivity index (χ4v) is 3.44. The molecule has 23 heavy (non-hydrogen) atoms. The van der Waals surface area contributed by atoms with Crippen molar-refractivity contribution >= 4 is 10.0 Å². The van der Waals surface area contributed by atoms with Crippen molar-refractivity contribution in [3.8, 4) is 0 Å². The Balaban J connectivity index is 2.23. The summed E-state index contributed by atoms with van der Waals surface area (Å²) in [5.74, 6) is -0.965. The molecule has 0 fully saturated rings. The Bertz CT molecular complexity index is 808. The molecule has 1 heterocycles. The normalized spacial score (nSPS) is 14.7. The highest BCUT2D eigenvalue weighted by Crippen LogP contribution is 2.27. The second kappa shape index (κ2) is 6.03. The molecule has 0 aliphatic heterocycles. The molecule has 0 aliphatic carbocycles. The van der Waals surface area contributed by atoms with Crippen molar-refractivity contribution in [1.82, 2.24) is 4.72 Å². The Hall–Kier alpha value is -1.77. The quantitative estimate of drug-likeness (QED) is 0.872. The minimum absolute atomic E-state index is 0.382. The van der Waals surface area contributed by atoms with Crippen LogP contribution in [-0.2, 0) is 15.6 Å². The first-order chi connectivity index (χ1) is 10.5. The Kier molecular flexibility index (Phi) is 4.61. The molecule has 126 valence electrons. The molecule has 1 atom stereocenters. The third-order valence-corrected chi connectivity index (χ3v) is 4.75. The number of nitrogens with one attached hydrogen (secondary N) is 1. The number of furan rings is 1. The Morgan fingerprint density at radius 2 is 1.74 bits per heavy atom. The maximum atomic E-state index is 13.2. The van der Waals surface area contributed by atoms with Crippen LogP contribution in [0.5, 0.6) is 0 Å². The van der Waals surface area contributed by atoms with Gasteiger partial charge in [-0.3, -0.25) is 0 Å². The predicted molar refractivity (Wildman–Crippen MR) is 79.3 cm³/mol. The van der Waals surface area contributed by atoms with Gasteiger partial charge >= 0.3 is 0 Å². The van der Waals surface area contributed by atoms with Crippen molar-refractivity contribution in [3.63, 3.8) is 0 Å². The molecular weight excluding hydrogens is 328 g/mol. The van der Waals surface area contributed by atoms with E-state index in [0.29, 0.717) is 35.3 Å². The smallest absolute Gasteiger partial charge is 0.240 e. The lowest BCUT2D eigenvalue weighted by Crippen LogP contribution is -2.38. The van der Waals surface area contributed by atoms with E-state index >= 15 is 0 Å². The molecule has 0 bridgehead atoms. The van der Waals surface area contributed by atoms with Gasteiger partial charge in [-0.2, -0.15) is 0 Å². The molecule has 1 unspecified atom stereocenters. The van der Waals surface area contributed by atoms with Crippen LogP contribution in [0.1, 0.15) is 24.0 Å². The van der Waals surface area contributed by atoms with Crippen molar-refractivity contribution in [1.29, 1.82) is 0 Å². The van der Waals surface area contributed by atoms with Crippen LogP contribution in [0.25, 0.3) is 0 Å². The van der Waals surface area contributed by atoms with Gasteiger partial charge in [-0.25, -0.2) is 21.9 Å². The summed E-state index contributed by atoms with van der Waals surface area (Å²) >= 11 is 0. The molecule has 0 spiro atoms. The topological polar surface area (TPSA) is 79.5 Å². The standard InChI is InChI=1S/C15H17F2NO4S/c1-9-4-14(10(2)22-9)15(3,19)8-18-23(20,21)13-6-11(16)5-12(17)7-13/h4-7,18-19H,8H2,1-3H3. The Morgan fingerprint density at radius 3 is 2.22 bits per heavy atom. The van der Waals surface area contributed by atoms with Gasteiger partial charge in [0.05, 0.1) is 4.90 Å². The van der Waals surface area contributed by atoms with Gasteiger partial charge in [0, 0.05) is 18.2 Å². The Labute approximate surface area is 133 Å². The van der Waals surface area contributed by atoms with E-state index in [1.54, 1.807) is 19.9 Å². The summed E-state index contributed by atoms with van der Waals surface area (Å²) < 4.78 is 58.0. The van der Waals surface area contributed by atoms with E-state index < -0.39 is 32.2 Å². The summed E-state index contributed by atoms with van der Waals surface area (Å²) in [6.07, 6.45) is 0. The molecule has 1 aromatic carbocycles. The van der Waals surface area contributed by atoms with Crippen LogP contribution in [0.4, 0.5) is 8.78 Å². The van der Waals surface area contributed by atoms with Crippen LogP contribution < -0.4 is 4.72 Å². The molecule has 2 aromatic rings. The van der Waals surface area contributed by atoms with Gasteiger partial charge < -0.3 is 9.52 Å². The monoisotopic (exact) mass is 345 g/mol. The summed E-state index contributed by atoms with van der Waals surface area (Å²) in [5, 5.41) is 10.5. The van der Waals surface area contributed by atoms with E-state index in [-0.39, 0.29) is 6.54 Å². The lowest BCUT2D eigenvalue weighted by atomic mass is 9.97. The third-order valence-electron chi connectivity index (χ3n) is 3.37. The van der Waals surface area contributed by atoms with Crippen LogP contribution >= 0.6 is 0 Å². The van der Waals surface area contributed by atoms with E-state index in [4.69, 9.17) is 4.42 Å². The van der Waals surface area contributed by atoms with Crippen LogP contribution in [0.3, 0.4) is 0 Å². The molecule has 2 N–H and O–H groups in total. The zero-order valence-electron chi connectivity index (χ0n) is 12.9. The first-order valence-corrected chi connectivity index (χ1v) is 8.25. The molecule has 5 nitrogen and oxygen atoms in total. The number of sulfonamides is 1. The van der Waals surface area contributed by atoms with Gasteiger partial charge in [-0.05, 0) is 39.0 Å². The highest BCUT2D eigenvalue weighted by molar-refractivity contribution is 7.89. The number of hydrogen-bond acceptors (Lipinski definition) is 4. The lowest BCUT2D eigenvalue weighted by Gasteiger charge is -2.23. The van der Waals surface area contributed by atoms with Crippen LogP contribution in [0, 0.1) is 25.5 Å². The summed E-state index contributed by atoms with van der Waals surface area (Å²) in [7, 11) is -4.17. The molecule has 0 radical (unpaired) electrons. The van der Waals surface area contributed by atoms with E-state index in [1.165, 1.54) is 6.92 Å². The van der Waals surface area contributed by atoms with Crippen LogP contribution in [-0.4, -0.2) is 20.1 Å². The lowest BCUT2D eigenvalue weighted by molar-refractivity contribution is 0.0612. The second-order valence-electron chi connectivity index (χ2n) is 5.53. The van der Waals surface area contributed by atoms with Crippen molar-refractivity contribution in [2.75, 3.05) is 6.54 Å². The summed E-state index contributed by atoms with van der Waals surface area (Å²) in [6.45, 7) is 4.38. The summed E-state index contributed by atoms with van der Waals surface area (Å²) in [6, 6.07) is 3.58. The Morgan fingerprint density at radius 1 is 1.17 bits per heavy atom. The minimum Gasteiger partial charge on any atom is -0.466 e. The van der Waals surface area contributed by atoms with Gasteiger partial charge in [0.15, 0.2) is 0 Å². The molecule has 2 rings (SSSR count). The predicted octanol–water partition coefficient (Wildman–Crippen LogP) is 2.36. The van der Waals surface area contributed by atoms with Gasteiger partial charge in [-0.1, -0.05) is 0 Å². The SMILES string of the molecule is Cc1cc(C(C)(O)CNS(=O)(=O)c2cc(F)cc(F)c2)c(C)o1. The van der Waals surface area contributed by atoms with Gasteiger partial charge in [0.2, 0.25) is 10.0 Å². The maximum absolute atomic E-state index is 13.2. The van der Waals surface area contributed by atoms with Crippen molar-refractivity contribution in [2.45, 2.75) is 31.3 Å². The van der Waals surface area contributed by atoms with Crippen LogP contribution in [0.15, 0.2) is 33.6 Å². The van der Waals surface area contributed by atoms with Gasteiger partial charge in [0.25, 0.3) is 0 Å². The van der Waals surface area contributed by atoms with E-state index in [2.05, 4.69) is 4.72 Å². The minimum atomic E-state index is -4.17. The second-order valence-corrected chi connectivity index (χ2v) is 7.30. The molecule has 0 saturated heterocycles. The highest BCUT2D eigenvalue weighted by atomic mass is 32.2. The first kappa shape index (κ1) is 17.6. The van der Waals surface area contributed by atoms with Gasteiger partial charge in [-0.15, -0.1) is 0 Å². The summed E-state index contributed by atoms with van der Waals surface area (Å²) in [4.78, 5) is -0.550. The zero-order chi connectivity index (χ0) is 17.4. The first-order valence-electron chi connectivity index (χ1n) is 6.77. The van der Waals surface area contributed by atoms with E-state index in [1.807, 2.05) is 0 Å². The highest BCUT2D eigenvalue weighted by Gasteiger charge is 2.30.